The normalized spacial score (nSPS) is 13.5. The topological polar surface area (TPSA) is 56.8 Å². The van der Waals surface area contributed by atoms with Gasteiger partial charge in [0, 0.05) is 0 Å². The Balaban J connectivity index is 3.27. The van der Waals surface area contributed by atoms with Gasteiger partial charge in [-0.05, 0) is 31.2 Å². The molecule has 0 aliphatic heterocycles. The number of methoxy groups -OCH3 is 3. The van der Waals surface area contributed by atoms with Crippen LogP contribution in [0.5, 0.6) is 11.5 Å². The van der Waals surface area contributed by atoms with Crippen LogP contribution >= 0.6 is 0 Å². The number of nitrogens with one attached hydrogen (secondary N) is 1. The fraction of sp³-hybridized carbons (Fsp3) is 0.500. The lowest BCUT2D eigenvalue weighted by molar-refractivity contribution is -0.148. The Labute approximate surface area is 113 Å². The molecule has 5 nitrogen and oxygen atoms in total. The summed E-state index contributed by atoms with van der Waals surface area (Å²) in [6, 6.07) is 5.37. The number of likely N-dealkylation sites (N-methyl/N-ethyl adjacent to an activating group) is 1. The molecule has 1 N–H and O–H groups in total. The van der Waals surface area contributed by atoms with Crippen LogP contribution in [0.15, 0.2) is 18.2 Å². The highest BCUT2D eigenvalue weighted by Gasteiger charge is 2.36. The average Bonchev–Trinajstić information content (AvgIpc) is 2.45. The summed E-state index contributed by atoms with van der Waals surface area (Å²) < 4.78 is 15.3. The first kappa shape index (κ1) is 15.3. The van der Waals surface area contributed by atoms with E-state index in [-0.39, 0.29) is 5.97 Å². The zero-order chi connectivity index (χ0) is 14.5. The van der Waals surface area contributed by atoms with Gasteiger partial charge in [0.1, 0.15) is 5.54 Å². The Kier molecular flexibility index (Phi) is 5.18. The highest BCUT2D eigenvalue weighted by molar-refractivity contribution is 5.82. The molecule has 0 aromatic heterocycles. The van der Waals surface area contributed by atoms with Gasteiger partial charge in [-0.1, -0.05) is 13.0 Å². The molecular formula is C14H21NO4. The van der Waals surface area contributed by atoms with Crippen LogP contribution in [0.4, 0.5) is 0 Å². The maximum absolute atomic E-state index is 12.0. The Morgan fingerprint density at radius 2 is 1.84 bits per heavy atom. The summed E-state index contributed by atoms with van der Waals surface area (Å²) in [6.07, 6.45) is 0. The second-order valence-corrected chi connectivity index (χ2v) is 4.22. The van der Waals surface area contributed by atoms with E-state index in [1.165, 1.54) is 7.11 Å². The molecule has 1 aromatic rings. The van der Waals surface area contributed by atoms with Gasteiger partial charge in [-0.25, -0.2) is 4.79 Å². The van der Waals surface area contributed by atoms with Gasteiger partial charge in [0.2, 0.25) is 0 Å². The molecule has 0 amide bonds. The van der Waals surface area contributed by atoms with Crippen molar-refractivity contribution in [3.8, 4) is 11.5 Å². The molecule has 5 heteroatoms. The van der Waals surface area contributed by atoms with Gasteiger partial charge in [-0.3, -0.25) is 5.32 Å². The van der Waals surface area contributed by atoms with Crippen LogP contribution in [0.2, 0.25) is 0 Å². The highest BCUT2D eigenvalue weighted by atomic mass is 16.5. The van der Waals surface area contributed by atoms with Crippen LogP contribution in [0.25, 0.3) is 0 Å². The quantitative estimate of drug-likeness (QED) is 0.795. The lowest BCUT2D eigenvalue weighted by Crippen LogP contribution is -2.47. The van der Waals surface area contributed by atoms with E-state index >= 15 is 0 Å². The van der Waals surface area contributed by atoms with Crippen molar-refractivity contribution >= 4 is 5.97 Å². The van der Waals surface area contributed by atoms with Crippen molar-refractivity contribution in [2.75, 3.05) is 27.9 Å². The summed E-state index contributed by atoms with van der Waals surface area (Å²) in [5.74, 6) is 0.851. The van der Waals surface area contributed by atoms with Crippen molar-refractivity contribution in [1.29, 1.82) is 0 Å². The first-order valence-corrected chi connectivity index (χ1v) is 6.09. The summed E-state index contributed by atoms with van der Waals surface area (Å²) in [7, 11) is 4.50. The summed E-state index contributed by atoms with van der Waals surface area (Å²) in [4.78, 5) is 12.0. The van der Waals surface area contributed by atoms with E-state index in [9.17, 15) is 4.79 Å². The molecule has 106 valence electrons. The Morgan fingerprint density at radius 3 is 2.32 bits per heavy atom. The third-order valence-electron chi connectivity index (χ3n) is 3.08. The van der Waals surface area contributed by atoms with Crippen molar-refractivity contribution in [2.45, 2.75) is 19.4 Å². The molecule has 0 fully saturated rings. The fourth-order valence-corrected chi connectivity index (χ4v) is 2.00. The minimum absolute atomic E-state index is 0.346. The molecule has 0 spiro atoms. The van der Waals surface area contributed by atoms with Crippen molar-refractivity contribution < 1.29 is 19.0 Å². The SMILES string of the molecule is CCNC(C)(C(=O)OC)c1ccc(OC)c(OC)c1. The van der Waals surface area contributed by atoms with Crippen molar-refractivity contribution in [3.05, 3.63) is 23.8 Å². The van der Waals surface area contributed by atoms with E-state index in [0.717, 1.165) is 5.56 Å². The number of hydrogen-bond donors (Lipinski definition) is 1. The number of ether oxygens (including phenoxy) is 3. The van der Waals surface area contributed by atoms with Gasteiger partial charge in [0.05, 0.1) is 21.3 Å². The first-order chi connectivity index (χ1) is 9.03. The van der Waals surface area contributed by atoms with Gasteiger partial charge in [-0.15, -0.1) is 0 Å². The second kappa shape index (κ2) is 6.43. The van der Waals surface area contributed by atoms with E-state index in [1.807, 2.05) is 13.0 Å². The van der Waals surface area contributed by atoms with E-state index in [1.54, 1.807) is 33.3 Å². The molecule has 0 heterocycles. The summed E-state index contributed by atoms with van der Waals surface area (Å²) in [6.45, 7) is 4.35. The third kappa shape index (κ3) is 2.98. The summed E-state index contributed by atoms with van der Waals surface area (Å²) in [5, 5.41) is 3.14. The van der Waals surface area contributed by atoms with Crippen LogP contribution in [0, 0.1) is 0 Å². The van der Waals surface area contributed by atoms with Crippen LogP contribution in [-0.4, -0.2) is 33.8 Å². The highest BCUT2D eigenvalue weighted by Crippen LogP contribution is 2.32. The molecule has 1 atom stereocenters. The molecule has 0 saturated carbocycles. The average molecular weight is 267 g/mol. The number of carbonyl (C=O) groups is 1. The molecule has 0 saturated heterocycles. The number of benzene rings is 1. The molecule has 0 aliphatic carbocycles. The zero-order valence-electron chi connectivity index (χ0n) is 12.1. The van der Waals surface area contributed by atoms with Gasteiger partial charge >= 0.3 is 5.97 Å². The monoisotopic (exact) mass is 267 g/mol. The standard InChI is InChI=1S/C14H21NO4/c1-6-15-14(2,13(16)19-5)10-7-8-11(17-3)12(9-10)18-4/h7-9,15H,6H2,1-5H3. The predicted octanol–water partition coefficient (Wildman–Crippen LogP) is 1.70. The van der Waals surface area contributed by atoms with Crippen LogP contribution in [-0.2, 0) is 15.1 Å². The van der Waals surface area contributed by atoms with Gasteiger partial charge < -0.3 is 14.2 Å². The van der Waals surface area contributed by atoms with Crippen molar-refractivity contribution in [2.24, 2.45) is 0 Å². The van der Waals surface area contributed by atoms with Crippen molar-refractivity contribution in [3.63, 3.8) is 0 Å². The summed E-state index contributed by atoms with van der Waals surface area (Å²) in [5.41, 5.74) is -0.151. The molecule has 19 heavy (non-hydrogen) atoms. The Morgan fingerprint density at radius 1 is 1.21 bits per heavy atom. The van der Waals surface area contributed by atoms with E-state index in [2.05, 4.69) is 5.32 Å². The maximum Gasteiger partial charge on any atom is 0.330 e. The number of hydrogen-bond acceptors (Lipinski definition) is 5. The number of carbonyl (C=O) groups excluding carboxylic acids is 1. The Hall–Kier alpha value is -1.75. The van der Waals surface area contributed by atoms with Gasteiger partial charge in [-0.2, -0.15) is 0 Å². The predicted molar refractivity (Wildman–Crippen MR) is 72.6 cm³/mol. The fourth-order valence-electron chi connectivity index (χ4n) is 2.00. The third-order valence-corrected chi connectivity index (χ3v) is 3.08. The number of rotatable bonds is 6. The minimum Gasteiger partial charge on any atom is -0.493 e. The number of esters is 1. The smallest absolute Gasteiger partial charge is 0.330 e. The van der Waals surface area contributed by atoms with Crippen molar-refractivity contribution in [1.82, 2.24) is 5.32 Å². The lowest BCUT2D eigenvalue weighted by atomic mass is 9.91. The maximum atomic E-state index is 12.0. The molecule has 0 aliphatic rings. The van der Waals surface area contributed by atoms with Crippen LogP contribution < -0.4 is 14.8 Å². The Bertz CT molecular complexity index is 447. The largest absolute Gasteiger partial charge is 0.493 e. The van der Waals surface area contributed by atoms with E-state index < -0.39 is 5.54 Å². The van der Waals surface area contributed by atoms with E-state index in [4.69, 9.17) is 14.2 Å². The zero-order valence-corrected chi connectivity index (χ0v) is 12.1. The lowest BCUT2D eigenvalue weighted by Gasteiger charge is -2.28. The molecule has 1 aromatic carbocycles. The van der Waals surface area contributed by atoms with E-state index in [0.29, 0.717) is 18.0 Å². The van der Waals surface area contributed by atoms with Gasteiger partial charge in [0.25, 0.3) is 0 Å². The molecule has 1 unspecified atom stereocenters. The molecule has 0 radical (unpaired) electrons. The minimum atomic E-state index is -0.914. The summed E-state index contributed by atoms with van der Waals surface area (Å²) >= 11 is 0. The van der Waals surface area contributed by atoms with Crippen LogP contribution in [0.1, 0.15) is 19.4 Å². The first-order valence-electron chi connectivity index (χ1n) is 6.09. The molecule has 1 rings (SSSR count). The van der Waals surface area contributed by atoms with Gasteiger partial charge in [0.15, 0.2) is 11.5 Å². The van der Waals surface area contributed by atoms with Crippen LogP contribution in [0.3, 0.4) is 0 Å². The molecule has 0 bridgehead atoms. The molecular weight excluding hydrogens is 246 g/mol. The second-order valence-electron chi connectivity index (χ2n) is 4.22.